The molecule has 0 saturated carbocycles. The minimum atomic E-state index is -0.418. The highest BCUT2D eigenvalue weighted by atomic mass is 16.2. The number of benzene rings is 1. The fraction of sp³-hybridized carbons (Fsp3) is 0.412. The smallest absolute Gasteiger partial charge is 0.246 e. The van der Waals surface area contributed by atoms with E-state index in [4.69, 9.17) is 0 Å². The molecule has 1 aromatic carbocycles. The van der Waals surface area contributed by atoms with E-state index in [1.807, 2.05) is 32.3 Å². The number of nitrogens with zero attached hydrogens (tertiary/aromatic N) is 2. The molecule has 2 N–H and O–H groups in total. The molecule has 1 saturated heterocycles. The van der Waals surface area contributed by atoms with Crippen LogP contribution >= 0.6 is 0 Å². The first kappa shape index (κ1) is 15.6. The number of aromatic nitrogens is 1. The molecule has 1 atom stereocenters. The van der Waals surface area contributed by atoms with Crippen LogP contribution < -0.4 is 10.6 Å². The van der Waals surface area contributed by atoms with E-state index in [1.54, 1.807) is 0 Å². The molecule has 1 aliphatic heterocycles. The van der Waals surface area contributed by atoms with Crippen molar-refractivity contribution in [1.29, 1.82) is 0 Å². The van der Waals surface area contributed by atoms with E-state index in [2.05, 4.69) is 32.4 Å². The van der Waals surface area contributed by atoms with E-state index in [0.717, 1.165) is 29.7 Å². The predicted octanol–water partition coefficient (Wildman–Crippen LogP) is 1.42. The third-order valence-corrected chi connectivity index (χ3v) is 4.14. The maximum Gasteiger partial charge on any atom is 0.246 e. The van der Waals surface area contributed by atoms with Crippen molar-refractivity contribution in [3.05, 3.63) is 30.5 Å². The third kappa shape index (κ3) is 3.53. The number of rotatable bonds is 5. The van der Waals surface area contributed by atoms with Crippen LogP contribution in [0.4, 0.5) is 5.69 Å². The van der Waals surface area contributed by atoms with Crippen LogP contribution in [-0.2, 0) is 16.1 Å². The summed E-state index contributed by atoms with van der Waals surface area (Å²) in [5.41, 5.74) is 1.86. The van der Waals surface area contributed by atoms with Gasteiger partial charge in [-0.2, -0.15) is 0 Å². The molecule has 0 bridgehead atoms. The summed E-state index contributed by atoms with van der Waals surface area (Å²) < 4.78 is 2.18. The molecule has 0 radical (unpaired) electrons. The first-order valence-corrected chi connectivity index (χ1v) is 7.87. The Kier molecular flexibility index (Phi) is 4.34. The molecule has 3 rings (SSSR count). The number of nitrogens with one attached hydrogen (secondary N) is 2. The van der Waals surface area contributed by atoms with Gasteiger partial charge in [0, 0.05) is 31.4 Å². The number of hydrogen-bond acceptors (Lipinski definition) is 3. The number of likely N-dealkylation sites (N-methyl/N-ethyl adjacent to an activating group) is 1. The molecule has 1 aromatic heterocycles. The van der Waals surface area contributed by atoms with Crippen LogP contribution in [0.15, 0.2) is 30.5 Å². The van der Waals surface area contributed by atoms with Crippen molar-refractivity contribution >= 4 is 28.4 Å². The molecule has 0 spiro atoms. The van der Waals surface area contributed by atoms with E-state index in [0.29, 0.717) is 12.8 Å². The normalized spacial score (nSPS) is 17.7. The van der Waals surface area contributed by atoms with Crippen molar-refractivity contribution in [3.8, 4) is 0 Å². The lowest BCUT2D eigenvalue weighted by Crippen LogP contribution is -2.37. The van der Waals surface area contributed by atoms with Gasteiger partial charge in [0.25, 0.3) is 0 Å². The van der Waals surface area contributed by atoms with Crippen molar-refractivity contribution in [2.24, 2.45) is 0 Å². The van der Waals surface area contributed by atoms with Crippen LogP contribution in [-0.4, -0.2) is 48.0 Å². The summed E-state index contributed by atoms with van der Waals surface area (Å²) >= 11 is 0. The average Bonchev–Trinajstić information content (AvgIpc) is 3.11. The van der Waals surface area contributed by atoms with Gasteiger partial charge in [-0.15, -0.1) is 0 Å². The van der Waals surface area contributed by atoms with Gasteiger partial charge < -0.3 is 20.1 Å². The zero-order valence-electron chi connectivity index (χ0n) is 13.5. The van der Waals surface area contributed by atoms with Crippen molar-refractivity contribution in [3.63, 3.8) is 0 Å². The van der Waals surface area contributed by atoms with Gasteiger partial charge in [0.2, 0.25) is 11.8 Å². The van der Waals surface area contributed by atoms with Gasteiger partial charge in [0.05, 0.1) is 5.52 Å². The highest BCUT2D eigenvalue weighted by Gasteiger charge is 2.27. The lowest BCUT2D eigenvalue weighted by Gasteiger charge is -2.13. The van der Waals surface area contributed by atoms with Gasteiger partial charge in [-0.1, -0.05) is 6.07 Å². The molecule has 2 amide bonds. The second-order valence-electron chi connectivity index (χ2n) is 6.23. The Bertz CT molecular complexity index is 735. The molecular weight excluding hydrogens is 292 g/mol. The molecule has 23 heavy (non-hydrogen) atoms. The van der Waals surface area contributed by atoms with E-state index in [-0.39, 0.29) is 11.8 Å². The molecule has 122 valence electrons. The summed E-state index contributed by atoms with van der Waals surface area (Å²) in [5, 5.41) is 6.74. The lowest BCUT2D eigenvalue weighted by atomic mass is 10.2. The Morgan fingerprint density at radius 3 is 2.91 bits per heavy atom. The van der Waals surface area contributed by atoms with Gasteiger partial charge in [0.1, 0.15) is 6.04 Å². The highest BCUT2D eigenvalue weighted by molar-refractivity contribution is 6.00. The van der Waals surface area contributed by atoms with Crippen molar-refractivity contribution < 1.29 is 9.59 Å². The van der Waals surface area contributed by atoms with Crippen LogP contribution in [0.2, 0.25) is 0 Å². The van der Waals surface area contributed by atoms with Crippen LogP contribution in [0.5, 0.6) is 0 Å². The quantitative estimate of drug-likeness (QED) is 0.877. The first-order valence-electron chi connectivity index (χ1n) is 7.87. The van der Waals surface area contributed by atoms with Crippen LogP contribution in [0.25, 0.3) is 10.9 Å². The average molecular weight is 314 g/mol. The number of carbonyl (C=O) groups excluding carboxylic acids is 2. The first-order chi connectivity index (χ1) is 11.0. The largest absolute Gasteiger partial charge is 0.346 e. The van der Waals surface area contributed by atoms with Crippen molar-refractivity contribution in [2.75, 3.05) is 26.0 Å². The molecule has 6 nitrogen and oxygen atoms in total. The maximum absolute atomic E-state index is 12.2. The van der Waals surface area contributed by atoms with Gasteiger partial charge >= 0.3 is 0 Å². The molecule has 1 unspecified atom stereocenters. The van der Waals surface area contributed by atoms with Crippen LogP contribution in [0.1, 0.15) is 12.8 Å². The second kappa shape index (κ2) is 6.42. The third-order valence-electron chi connectivity index (χ3n) is 4.14. The van der Waals surface area contributed by atoms with Crippen LogP contribution in [0.3, 0.4) is 0 Å². The SMILES string of the molecule is CN(C)CCn1ccc2ccc(NC(=O)C3CCC(=O)N3)cc21. The Morgan fingerprint density at radius 1 is 1.39 bits per heavy atom. The number of anilines is 1. The van der Waals surface area contributed by atoms with Gasteiger partial charge in [-0.3, -0.25) is 9.59 Å². The van der Waals surface area contributed by atoms with E-state index in [9.17, 15) is 9.59 Å². The minimum Gasteiger partial charge on any atom is -0.346 e. The van der Waals surface area contributed by atoms with Crippen molar-refractivity contribution in [2.45, 2.75) is 25.4 Å². The van der Waals surface area contributed by atoms with Gasteiger partial charge in [-0.25, -0.2) is 0 Å². The summed E-state index contributed by atoms with van der Waals surface area (Å²) in [7, 11) is 4.10. The highest BCUT2D eigenvalue weighted by Crippen LogP contribution is 2.21. The monoisotopic (exact) mass is 314 g/mol. The van der Waals surface area contributed by atoms with Gasteiger partial charge in [0.15, 0.2) is 0 Å². The minimum absolute atomic E-state index is 0.0573. The summed E-state index contributed by atoms with van der Waals surface area (Å²) in [6, 6.07) is 7.55. The Morgan fingerprint density at radius 2 is 2.22 bits per heavy atom. The number of carbonyl (C=O) groups is 2. The fourth-order valence-corrected chi connectivity index (χ4v) is 2.80. The Balaban J connectivity index is 1.75. The number of amides is 2. The Hall–Kier alpha value is -2.34. The van der Waals surface area contributed by atoms with Crippen molar-refractivity contribution in [1.82, 2.24) is 14.8 Å². The molecule has 1 fully saturated rings. The van der Waals surface area contributed by atoms with E-state index < -0.39 is 6.04 Å². The van der Waals surface area contributed by atoms with E-state index in [1.165, 1.54) is 0 Å². The number of hydrogen-bond donors (Lipinski definition) is 2. The second-order valence-corrected chi connectivity index (χ2v) is 6.23. The zero-order valence-corrected chi connectivity index (χ0v) is 13.5. The summed E-state index contributed by atoms with van der Waals surface area (Å²) in [6.07, 6.45) is 3.05. The molecule has 2 heterocycles. The predicted molar refractivity (Wildman–Crippen MR) is 90.3 cm³/mol. The molecule has 6 heteroatoms. The lowest BCUT2D eigenvalue weighted by molar-refractivity contribution is -0.122. The summed E-state index contributed by atoms with van der Waals surface area (Å²) in [5.74, 6) is -0.209. The fourth-order valence-electron chi connectivity index (χ4n) is 2.80. The topological polar surface area (TPSA) is 66.4 Å². The van der Waals surface area contributed by atoms with Gasteiger partial charge in [-0.05, 0) is 44.1 Å². The summed E-state index contributed by atoms with van der Waals surface area (Å²) in [4.78, 5) is 25.6. The maximum atomic E-state index is 12.2. The Labute approximate surface area is 135 Å². The molecule has 0 aliphatic carbocycles. The molecule has 1 aliphatic rings. The van der Waals surface area contributed by atoms with Crippen LogP contribution in [0, 0.1) is 0 Å². The number of fused-ring (bicyclic) bond motifs is 1. The standard InChI is InChI=1S/C17H22N4O2/c1-20(2)9-10-21-8-7-12-3-4-13(11-15(12)21)18-17(23)14-5-6-16(22)19-14/h3-4,7-8,11,14H,5-6,9-10H2,1-2H3,(H,18,23)(H,19,22). The molecular formula is C17H22N4O2. The zero-order chi connectivity index (χ0) is 16.4. The van der Waals surface area contributed by atoms with E-state index >= 15 is 0 Å². The molecule has 2 aromatic rings. The summed E-state index contributed by atoms with van der Waals surface area (Å²) in [6.45, 7) is 1.85.